The number of hydrogen-bond donors (Lipinski definition) is 2. The molecule has 0 radical (unpaired) electrons. The predicted molar refractivity (Wildman–Crippen MR) is 75.8 cm³/mol. The second-order valence-electron chi connectivity index (χ2n) is 5.65. The van der Waals surface area contributed by atoms with Gasteiger partial charge in [0.25, 0.3) is 0 Å². The monoisotopic (exact) mass is 247 g/mol. The van der Waals surface area contributed by atoms with E-state index < -0.39 is 0 Å². The minimum absolute atomic E-state index is 0.270. The van der Waals surface area contributed by atoms with Crippen LogP contribution < -0.4 is 5.32 Å². The van der Waals surface area contributed by atoms with Gasteiger partial charge in [0.15, 0.2) is 0 Å². The molecule has 1 aliphatic carbocycles. The van der Waals surface area contributed by atoms with E-state index in [2.05, 4.69) is 42.6 Å². The lowest BCUT2D eigenvalue weighted by Crippen LogP contribution is -2.40. The van der Waals surface area contributed by atoms with Gasteiger partial charge in [-0.15, -0.1) is 0 Å². The van der Waals surface area contributed by atoms with E-state index in [4.69, 9.17) is 5.11 Å². The molecule has 2 N–H and O–H groups in total. The first-order valence-corrected chi connectivity index (χ1v) is 7.17. The zero-order valence-corrected chi connectivity index (χ0v) is 11.4. The third-order valence-corrected chi connectivity index (χ3v) is 4.30. The summed E-state index contributed by atoms with van der Waals surface area (Å²) in [6.45, 7) is 3.47. The molecule has 0 amide bonds. The molecule has 0 saturated heterocycles. The number of nitrogens with one attached hydrogen (secondary N) is 1. The molecule has 1 aromatic carbocycles. The molecule has 0 spiro atoms. The van der Waals surface area contributed by atoms with Crippen molar-refractivity contribution in [3.63, 3.8) is 0 Å². The van der Waals surface area contributed by atoms with Gasteiger partial charge in [-0.25, -0.2) is 0 Å². The van der Waals surface area contributed by atoms with Gasteiger partial charge in [-0.3, -0.25) is 0 Å². The molecule has 1 atom stereocenters. The zero-order valence-electron chi connectivity index (χ0n) is 11.4. The fourth-order valence-corrected chi connectivity index (χ4v) is 3.08. The summed E-state index contributed by atoms with van der Waals surface area (Å²) in [7, 11) is 0. The number of rotatable bonds is 6. The third-order valence-electron chi connectivity index (χ3n) is 4.30. The van der Waals surface area contributed by atoms with Crippen molar-refractivity contribution in [2.45, 2.75) is 50.5 Å². The highest BCUT2D eigenvalue weighted by atomic mass is 16.3. The van der Waals surface area contributed by atoms with Gasteiger partial charge >= 0.3 is 0 Å². The van der Waals surface area contributed by atoms with Gasteiger partial charge in [0.1, 0.15) is 0 Å². The number of aliphatic hydroxyl groups is 1. The Kier molecular flexibility index (Phi) is 4.79. The molecule has 100 valence electrons. The summed E-state index contributed by atoms with van der Waals surface area (Å²) >= 11 is 0. The molecule has 0 aromatic heterocycles. The summed E-state index contributed by atoms with van der Waals surface area (Å²) < 4.78 is 0. The summed E-state index contributed by atoms with van der Waals surface area (Å²) in [6, 6.07) is 11.3. The van der Waals surface area contributed by atoms with Crippen LogP contribution in [0.2, 0.25) is 0 Å². The van der Waals surface area contributed by atoms with Crippen molar-refractivity contribution in [2.24, 2.45) is 0 Å². The van der Waals surface area contributed by atoms with Crippen LogP contribution >= 0.6 is 0 Å². The van der Waals surface area contributed by atoms with E-state index in [-0.39, 0.29) is 6.61 Å². The quantitative estimate of drug-likeness (QED) is 0.810. The predicted octanol–water partition coefficient (Wildman–Crippen LogP) is 2.86. The topological polar surface area (TPSA) is 32.3 Å². The standard InChI is InChI=1S/C16H25NO/c1-14(9-12-18)17-13-16(10-5-6-11-16)15-7-3-2-4-8-15/h2-4,7-8,14,17-18H,5-6,9-13H2,1H3/t14-/m1/s1. The highest BCUT2D eigenvalue weighted by molar-refractivity contribution is 5.27. The van der Waals surface area contributed by atoms with Gasteiger partial charge in [-0.05, 0) is 31.7 Å². The lowest BCUT2D eigenvalue weighted by molar-refractivity contribution is 0.262. The molecule has 0 bridgehead atoms. The third kappa shape index (κ3) is 3.12. The van der Waals surface area contributed by atoms with Crippen molar-refractivity contribution in [2.75, 3.05) is 13.2 Å². The fraction of sp³-hybridized carbons (Fsp3) is 0.625. The van der Waals surface area contributed by atoms with E-state index in [0.717, 1.165) is 13.0 Å². The molecular weight excluding hydrogens is 222 g/mol. The van der Waals surface area contributed by atoms with E-state index in [9.17, 15) is 0 Å². The average Bonchev–Trinajstić information content (AvgIpc) is 2.88. The lowest BCUT2D eigenvalue weighted by atomic mass is 9.78. The van der Waals surface area contributed by atoms with E-state index in [1.807, 2.05) is 0 Å². The molecule has 2 nitrogen and oxygen atoms in total. The molecule has 2 rings (SSSR count). The Morgan fingerprint density at radius 2 is 1.89 bits per heavy atom. The highest BCUT2D eigenvalue weighted by Crippen LogP contribution is 2.40. The number of benzene rings is 1. The second kappa shape index (κ2) is 6.35. The minimum Gasteiger partial charge on any atom is -0.396 e. The maximum Gasteiger partial charge on any atom is 0.0445 e. The molecule has 18 heavy (non-hydrogen) atoms. The van der Waals surface area contributed by atoms with Crippen LogP contribution in [-0.4, -0.2) is 24.3 Å². The van der Waals surface area contributed by atoms with E-state index in [1.54, 1.807) is 0 Å². The van der Waals surface area contributed by atoms with Gasteiger partial charge in [0.05, 0.1) is 0 Å². The highest BCUT2D eigenvalue weighted by Gasteiger charge is 2.35. The first kappa shape index (κ1) is 13.6. The van der Waals surface area contributed by atoms with Crippen LogP contribution in [0.4, 0.5) is 0 Å². The molecule has 1 saturated carbocycles. The summed E-state index contributed by atoms with van der Waals surface area (Å²) in [5.41, 5.74) is 1.80. The minimum atomic E-state index is 0.270. The summed E-state index contributed by atoms with van der Waals surface area (Å²) in [5, 5.41) is 12.6. The van der Waals surface area contributed by atoms with Crippen LogP contribution in [0.1, 0.15) is 44.6 Å². The maximum atomic E-state index is 8.97. The van der Waals surface area contributed by atoms with Gasteiger partial charge in [0.2, 0.25) is 0 Å². The van der Waals surface area contributed by atoms with Crippen LogP contribution in [0.25, 0.3) is 0 Å². The van der Waals surface area contributed by atoms with Gasteiger partial charge in [-0.2, -0.15) is 0 Å². The molecule has 1 fully saturated rings. The van der Waals surface area contributed by atoms with Gasteiger partial charge < -0.3 is 10.4 Å². The van der Waals surface area contributed by atoms with Crippen molar-refractivity contribution in [1.82, 2.24) is 5.32 Å². The van der Waals surface area contributed by atoms with E-state index in [0.29, 0.717) is 11.5 Å². The largest absolute Gasteiger partial charge is 0.396 e. The Balaban J connectivity index is 2.04. The Morgan fingerprint density at radius 3 is 2.50 bits per heavy atom. The summed E-state index contributed by atoms with van der Waals surface area (Å²) in [5.74, 6) is 0. The van der Waals surface area contributed by atoms with Crippen LogP contribution in [-0.2, 0) is 5.41 Å². The van der Waals surface area contributed by atoms with Crippen molar-refractivity contribution in [1.29, 1.82) is 0 Å². The SMILES string of the molecule is C[C@H](CCO)NCC1(c2ccccc2)CCCC1. The average molecular weight is 247 g/mol. The van der Waals surface area contributed by atoms with Crippen LogP contribution in [0.5, 0.6) is 0 Å². The molecule has 1 aliphatic rings. The maximum absolute atomic E-state index is 8.97. The summed E-state index contributed by atoms with van der Waals surface area (Å²) in [4.78, 5) is 0. The van der Waals surface area contributed by atoms with Crippen LogP contribution in [0.15, 0.2) is 30.3 Å². The first-order chi connectivity index (χ1) is 8.77. The Labute approximate surface area is 110 Å². The van der Waals surface area contributed by atoms with Crippen molar-refractivity contribution in [3.8, 4) is 0 Å². The molecule has 0 aliphatic heterocycles. The lowest BCUT2D eigenvalue weighted by Gasteiger charge is -2.31. The fourth-order valence-electron chi connectivity index (χ4n) is 3.08. The van der Waals surface area contributed by atoms with Crippen molar-refractivity contribution < 1.29 is 5.11 Å². The summed E-state index contributed by atoms with van der Waals surface area (Å²) in [6.07, 6.45) is 6.09. The van der Waals surface area contributed by atoms with Gasteiger partial charge in [0, 0.05) is 24.6 Å². The van der Waals surface area contributed by atoms with Crippen molar-refractivity contribution in [3.05, 3.63) is 35.9 Å². The molecule has 2 heteroatoms. The first-order valence-electron chi connectivity index (χ1n) is 7.17. The van der Waals surface area contributed by atoms with E-state index >= 15 is 0 Å². The van der Waals surface area contributed by atoms with Crippen LogP contribution in [0.3, 0.4) is 0 Å². The van der Waals surface area contributed by atoms with E-state index in [1.165, 1.54) is 31.2 Å². The zero-order chi connectivity index (χ0) is 12.8. The van der Waals surface area contributed by atoms with Crippen LogP contribution in [0, 0.1) is 0 Å². The number of aliphatic hydroxyl groups excluding tert-OH is 1. The Morgan fingerprint density at radius 1 is 1.22 bits per heavy atom. The molecule has 0 heterocycles. The van der Waals surface area contributed by atoms with Crippen molar-refractivity contribution >= 4 is 0 Å². The van der Waals surface area contributed by atoms with Gasteiger partial charge in [-0.1, -0.05) is 43.2 Å². The smallest absolute Gasteiger partial charge is 0.0445 e. The Hall–Kier alpha value is -0.860. The molecule has 0 unspecified atom stereocenters. The normalized spacial score (nSPS) is 19.9. The molecular formula is C16H25NO. The molecule has 1 aromatic rings. The second-order valence-corrected chi connectivity index (χ2v) is 5.65. The number of hydrogen-bond acceptors (Lipinski definition) is 2. The Bertz CT molecular complexity index is 343.